The van der Waals surface area contributed by atoms with Gasteiger partial charge in [-0.15, -0.1) is 6.58 Å². The summed E-state index contributed by atoms with van der Waals surface area (Å²) >= 11 is 1.95. The highest BCUT2D eigenvalue weighted by Gasteiger charge is 2.22. The highest BCUT2D eigenvalue weighted by atomic mass is 32.2. The zero-order chi connectivity index (χ0) is 14.1. The molecule has 1 aliphatic rings. The SMILES string of the molecule is C=CCN(CC(=O)OCC)C(=O)CC1CCSCC1. The van der Waals surface area contributed by atoms with Crippen LogP contribution in [0.1, 0.15) is 26.2 Å². The Morgan fingerprint density at radius 1 is 1.42 bits per heavy atom. The van der Waals surface area contributed by atoms with Crippen molar-refractivity contribution in [2.75, 3.05) is 31.2 Å². The predicted octanol–water partition coefficient (Wildman–Crippen LogP) is 2.10. The molecule has 0 unspecified atom stereocenters. The molecule has 4 nitrogen and oxygen atoms in total. The molecular weight excluding hydrogens is 262 g/mol. The Morgan fingerprint density at radius 2 is 2.11 bits per heavy atom. The molecule has 1 saturated heterocycles. The molecule has 19 heavy (non-hydrogen) atoms. The lowest BCUT2D eigenvalue weighted by molar-refractivity contribution is -0.148. The van der Waals surface area contributed by atoms with Crippen molar-refractivity contribution in [2.24, 2.45) is 5.92 Å². The van der Waals surface area contributed by atoms with Gasteiger partial charge in [0.25, 0.3) is 0 Å². The average Bonchev–Trinajstić information content (AvgIpc) is 2.39. The van der Waals surface area contributed by atoms with Crippen LogP contribution < -0.4 is 0 Å². The van der Waals surface area contributed by atoms with Gasteiger partial charge in [0.1, 0.15) is 6.54 Å². The van der Waals surface area contributed by atoms with Crippen LogP contribution in [0.4, 0.5) is 0 Å². The van der Waals surface area contributed by atoms with E-state index in [-0.39, 0.29) is 18.4 Å². The molecule has 0 spiro atoms. The monoisotopic (exact) mass is 285 g/mol. The Morgan fingerprint density at radius 3 is 2.68 bits per heavy atom. The molecule has 0 aromatic carbocycles. The molecule has 0 bridgehead atoms. The van der Waals surface area contributed by atoms with Crippen molar-refractivity contribution in [3.8, 4) is 0 Å². The lowest BCUT2D eigenvalue weighted by Gasteiger charge is -2.25. The van der Waals surface area contributed by atoms with Gasteiger partial charge in [0, 0.05) is 13.0 Å². The minimum atomic E-state index is -0.350. The summed E-state index contributed by atoms with van der Waals surface area (Å²) in [5.41, 5.74) is 0. The molecule has 0 atom stereocenters. The Balaban J connectivity index is 2.46. The Hall–Kier alpha value is -0.970. The van der Waals surface area contributed by atoms with E-state index in [1.165, 1.54) is 4.90 Å². The zero-order valence-corrected chi connectivity index (χ0v) is 12.4. The average molecular weight is 285 g/mol. The number of carbonyl (C=O) groups excluding carboxylic acids is 2. The summed E-state index contributed by atoms with van der Waals surface area (Å²) in [5.74, 6) is 2.42. The van der Waals surface area contributed by atoms with E-state index in [0.717, 1.165) is 24.3 Å². The quantitative estimate of drug-likeness (QED) is 0.531. The summed E-state index contributed by atoms with van der Waals surface area (Å²) in [6, 6.07) is 0. The standard InChI is InChI=1S/C14H23NO3S/c1-3-7-15(11-14(17)18-4-2)13(16)10-12-5-8-19-9-6-12/h3,12H,1,4-11H2,2H3. The van der Waals surface area contributed by atoms with Crippen LogP contribution in [0.15, 0.2) is 12.7 Å². The molecular formula is C14H23NO3S. The fourth-order valence-electron chi connectivity index (χ4n) is 2.10. The molecule has 1 aliphatic heterocycles. The first-order valence-corrected chi connectivity index (χ1v) is 7.94. The second-order valence-corrected chi connectivity index (χ2v) is 5.85. The van der Waals surface area contributed by atoms with Crippen LogP contribution >= 0.6 is 11.8 Å². The number of hydrogen-bond acceptors (Lipinski definition) is 4. The van der Waals surface area contributed by atoms with Crippen molar-refractivity contribution in [1.29, 1.82) is 0 Å². The van der Waals surface area contributed by atoms with Crippen molar-refractivity contribution < 1.29 is 14.3 Å². The molecule has 108 valence electrons. The van der Waals surface area contributed by atoms with Gasteiger partial charge in [0.2, 0.25) is 5.91 Å². The Labute approximate surface area is 119 Å². The third-order valence-electron chi connectivity index (χ3n) is 3.13. The number of rotatable bonds is 7. The number of thioether (sulfide) groups is 1. The molecule has 0 radical (unpaired) electrons. The van der Waals surface area contributed by atoms with Crippen molar-refractivity contribution in [3.63, 3.8) is 0 Å². The number of carbonyl (C=O) groups is 2. The maximum atomic E-state index is 12.2. The van der Waals surface area contributed by atoms with Crippen molar-refractivity contribution in [2.45, 2.75) is 26.2 Å². The van der Waals surface area contributed by atoms with E-state index in [2.05, 4.69) is 6.58 Å². The third-order valence-corrected chi connectivity index (χ3v) is 4.18. The van der Waals surface area contributed by atoms with E-state index in [9.17, 15) is 9.59 Å². The van der Waals surface area contributed by atoms with Crippen LogP contribution in [-0.4, -0.2) is 48.0 Å². The molecule has 0 aromatic rings. The van der Waals surface area contributed by atoms with Gasteiger partial charge >= 0.3 is 5.97 Å². The van der Waals surface area contributed by atoms with Crippen molar-refractivity contribution in [1.82, 2.24) is 4.90 Å². The van der Waals surface area contributed by atoms with Crippen LogP contribution in [0.5, 0.6) is 0 Å². The molecule has 0 N–H and O–H groups in total. The first-order valence-electron chi connectivity index (χ1n) is 6.79. The van der Waals surface area contributed by atoms with Crippen molar-refractivity contribution >= 4 is 23.6 Å². The van der Waals surface area contributed by atoms with Crippen LogP contribution in [0.3, 0.4) is 0 Å². The van der Waals surface area contributed by atoms with Gasteiger partial charge in [0.15, 0.2) is 0 Å². The van der Waals surface area contributed by atoms with Gasteiger partial charge < -0.3 is 9.64 Å². The normalized spacial score (nSPS) is 15.8. The highest BCUT2D eigenvalue weighted by molar-refractivity contribution is 7.99. The first kappa shape index (κ1) is 16.1. The van der Waals surface area contributed by atoms with Crippen LogP contribution in [0.2, 0.25) is 0 Å². The Bertz CT molecular complexity index is 314. The van der Waals surface area contributed by atoms with E-state index in [1.54, 1.807) is 13.0 Å². The van der Waals surface area contributed by atoms with Gasteiger partial charge in [-0.2, -0.15) is 11.8 Å². The van der Waals surface area contributed by atoms with Crippen molar-refractivity contribution in [3.05, 3.63) is 12.7 Å². The van der Waals surface area contributed by atoms with E-state index in [4.69, 9.17) is 4.74 Å². The first-order chi connectivity index (χ1) is 9.17. The van der Waals surface area contributed by atoms with E-state index in [1.807, 2.05) is 11.8 Å². The highest BCUT2D eigenvalue weighted by Crippen LogP contribution is 2.25. The minimum Gasteiger partial charge on any atom is -0.465 e. The maximum absolute atomic E-state index is 12.2. The largest absolute Gasteiger partial charge is 0.465 e. The summed E-state index contributed by atoms with van der Waals surface area (Å²) in [4.78, 5) is 25.2. The molecule has 1 rings (SSSR count). The summed E-state index contributed by atoms with van der Waals surface area (Å²) in [6.07, 6.45) is 4.37. The lowest BCUT2D eigenvalue weighted by atomic mass is 9.98. The van der Waals surface area contributed by atoms with Gasteiger partial charge in [0.05, 0.1) is 6.61 Å². The summed E-state index contributed by atoms with van der Waals surface area (Å²) < 4.78 is 4.89. The smallest absolute Gasteiger partial charge is 0.325 e. The van der Waals surface area contributed by atoms with Crippen LogP contribution in [0, 0.1) is 5.92 Å². The fourth-order valence-corrected chi connectivity index (χ4v) is 3.30. The van der Waals surface area contributed by atoms with Gasteiger partial charge in [-0.05, 0) is 37.2 Å². The fraction of sp³-hybridized carbons (Fsp3) is 0.714. The molecule has 0 saturated carbocycles. The predicted molar refractivity (Wildman–Crippen MR) is 78.1 cm³/mol. The zero-order valence-electron chi connectivity index (χ0n) is 11.6. The summed E-state index contributed by atoms with van der Waals surface area (Å²) in [7, 11) is 0. The third kappa shape index (κ3) is 6.14. The number of esters is 1. The lowest BCUT2D eigenvalue weighted by Crippen LogP contribution is -2.37. The Kier molecular flexibility index (Phi) is 7.63. The molecule has 1 amide bonds. The number of hydrogen-bond donors (Lipinski definition) is 0. The summed E-state index contributed by atoms with van der Waals surface area (Å²) in [5, 5.41) is 0. The molecule has 1 fully saturated rings. The minimum absolute atomic E-state index is 0.0279. The van der Waals surface area contributed by atoms with Gasteiger partial charge in [-0.3, -0.25) is 9.59 Å². The number of amides is 1. The molecule has 0 aliphatic carbocycles. The molecule has 1 heterocycles. The number of ether oxygens (including phenoxy) is 1. The van der Waals surface area contributed by atoms with E-state index in [0.29, 0.717) is 25.5 Å². The molecule has 0 aromatic heterocycles. The maximum Gasteiger partial charge on any atom is 0.325 e. The number of nitrogens with zero attached hydrogens (tertiary/aromatic N) is 1. The second kappa shape index (κ2) is 9.02. The van der Waals surface area contributed by atoms with Crippen LogP contribution in [-0.2, 0) is 14.3 Å². The second-order valence-electron chi connectivity index (χ2n) is 4.63. The van der Waals surface area contributed by atoms with Crippen LogP contribution in [0.25, 0.3) is 0 Å². The summed E-state index contributed by atoms with van der Waals surface area (Å²) in [6.45, 7) is 6.17. The molecule has 5 heteroatoms. The van der Waals surface area contributed by atoms with E-state index >= 15 is 0 Å². The van der Waals surface area contributed by atoms with E-state index < -0.39 is 0 Å². The van der Waals surface area contributed by atoms with Gasteiger partial charge in [-0.1, -0.05) is 6.08 Å². The topological polar surface area (TPSA) is 46.6 Å². The van der Waals surface area contributed by atoms with Gasteiger partial charge in [-0.25, -0.2) is 0 Å².